The molecule has 2 amide bonds. The molecule has 1 aliphatic rings. The van der Waals surface area contributed by atoms with Gasteiger partial charge in [-0.3, -0.25) is 0 Å². The largest absolute Gasteiger partial charge is 0.478 e. The molecule has 0 aliphatic carbocycles. The highest BCUT2D eigenvalue weighted by molar-refractivity contribution is 5.91. The molecule has 1 heterocycles. The molecule has 1 aromatic rings. The molecule has 0 spiro atoms. The Bertz CT molecular complexity index is 501. The highest BCUT2D eigenvalue weighted by atomic mass is 19.1. The van der Waals surface area contributed by atoms with Gasteiger partial charge in [0, 0.05) is 26.2 Å². The predicted molar refractivity (Wildman–Crippen MR) is 66.8 cm³/mol. The second-order valence-electron chi connectivity index (χ2n) is 4.17. The van der Waals surface area contributed by atoms with Crippen LogP contribution in [0.4, 0.5) is 14.9 Å². The van der Waals surface area contributed by atoms with Crippen LogP contribution >= 0.6 is 0 Å². The van der Waals surface area contributed by atoms with Gasteiger partial charge in [0.2, 0.25) is 0 Å². The first-order chi connectivity index (χ1) is 9.08. The summed E-state index contributed by atoms with van der Waals surface area (Å²) in [4.78, 5) is 24.1. The summed E-state index contributed by atoms with van der Waals surface area (Å²) >= 11 is 0. The number of rotatable bonds is 2. The summed E-state index contributed by atoms with van der Waals surface area (Å²) in [5.74, 6) is -1.97. The molecule has 102 valence electrons. The molecule has 7 heteroatoms. The fourth-order valence-electron chi connectivity index (χ4n) is 1.81. The molecule has 0 radical (unpaired) electrons. The van der Waals surface area contributed by atoms with Gasteiger partial charge in [0.1, 0.15) is 5.82 Å². The zero-order chi connectivity index (χ0) is 13.8. The number of piperazine rings is 1. The Labute approximate surface area is 109 Å². The number of benzene rings is 1. The smallest absolute Gasteiger partial charge is 0.335 e. The Hall–Kier alpha value is -2.15. The number of halogens is 1. The SMILES string of the molecule is O=C(O)c1ccc(NC(=O)N2CCNCC2)c(F)c1. The molecule has 2 rings (SSSR count). The topological polar surface area (TPSA) is 81.7 Å². The van der Waals surface area contributed by atoms with Gasteiger partial charge in [-0.05, 0) is 18.2 Å². The van der Waals surface area contributed by atoms with Gasteiger partial charge in [-0.1, -0.05) is 0 Å². The van der Waals surface area contributed by atoms with Crippen molar-refractivity contribution in [1.82, 2.24) is 10.2 Å². The van der Waals surface area contributed by atoms with Gasteiger partial charge in [-0.15, -0.1) is 0 Å². The number of nitrogens with one attached hydrogen (secondary N) is 2. The Kier molecular flexibility index (Phi) is 3.96. The van der Waals surface area contributed by atoms with E-state index in [1.807, 2.05) is 0 Å². The summed E-state index contributed by atoms with van der Waals surface area (Å²) in [5.41, 5.74) is -0.175. The molecule has 1 aliphatic heterocycles. The van der Waals surface area contributed by atoms with Crippen molar-refractivity contribution in [3.05, 3.63) is 29.6 Å². The lowest BCUT2D eigenvalue weighted by molar-refractivity contribution is 0.0696. The van der Waals surface area contributed by atoms with Crippen LogP contribution in [0.1, 0.15) is 10.4 Å². The van der Waals surface area contributed by atoms with Crippen LogP contribution in [-0.4, -0.2) is 48.2 Å². The number of amides is 2. The summed E-state index contributed by atoms with van der Waals surface area (Å²) in [5, 5.41) is 14.3. The van der Waals surface area contributed by atoms with E-state index in [0.717, 1.165) is 6.07 Å². The Balaban J connectivity index is 2.06. The van der Waals surface area contributed by atoms with Crippen molar-refractivity contribution in [3.8, 4) is 0 Å². The fourth-order valence-corrected chi connectivity index (χ4v) is 1.81. The molecule has 0 saturated carbocycles. The van der Waals surface area contributed by atoms with Crippen molar-refractivity contribution in [2.45, 2.75) is 0 Å². The van der Waals surface area contributed by atoms with E-state index in [0.29, 0.717) is 26.2 Å². The molecule has 1 aromatic carbocycles. The first kappa shape index (κ1) is 13.3. The van der Waals surface area contributed by atoms with Crippen molar-refractivity contribution in [3.63, 3.8) is 0 Å². The number of aromatic carboxylic acids is 1. The van der Waals surface area contributed by atoms with Gasteiger partial charge in [0.05, 0.1) is 11.3 Å². The molecule has 1 fully saturated rings. The number of carbonyl (C=O) groups excluding carboxylic acids is 1. The van der Waals surface area contributed by atoms with Gasteiger partial charge < -0.3 is 20.6 Å². The lowest BCUT2D eigenvalue weighted by Gasteiger charge is -2.27. The van der Waals surface area contributed by atoms with E-state index in [1.165, 1.54) is 12.1 Å². The summed E-state index contributed by atoms with van der Waals surface area (Å²) in [7, 11) is 0. The van der Waals surface area contributed by atoms with E-state index in [-0.39, 0.29) is 17.3 Å². The Morgan fingerprint density at radius 2 is 2.00 bits per heavy atom. The summed E-state index contributed by atoms with van der Waals surface area (Å²) < 4.78 is 13.6. The van der Waals surface area contributed by atoms with Crippen LogP contribution in [0.5, 0.6) is 0 Å². The van der Waals surface area contributed by atoms with Crippen molar-refractivity contribution < 1.29 is 19.1 Å². The van der Waals surface area contributed by atoms with E-state index < -0.39 is 11.8 Å². The number of nitrogens with zero attached hydrogens (tertiary/aromatic N) is 1. The molecule has 19 heavy (non-hydrogen) atoms. The van der Waals surface area contributed by atoms with Crippen LogP contribution in [0.25, 0.3) is 0 Å². The highest BCUT2D eigenvalue weighted by Gasteiger charge is 2.17. The van der Waals surface area contributed by atoms with E-state index in [9.17, 15) is 14.0 Å². The van der Waals surface area contributed by atoms with Gasteiger partial charge >= 0.3 is 12.0 Å². The lowest BCUT2D eigenvalue weighted by atomic mass is 10.2. The van der Waals surface area contributed by atoms with Crippen LogP contribution in [0.2, 0.25) is 0 Å². The molecular weight excluding hydrogens is 253 g/mol. The van der Waals surface area contributed by atoms with Crippen LogP contribution in [0.15, 0.2) is 18.2 Å². The maximum Gasteiger partial charge on any atom is 0.335 e. The Morgan fingerprint density at radius 1 is 1.32 bits per heavy atom. The molecule has 0 aromatic heterocycles. The minimum atomic E-state index is -1.21. The molecule has 0 unspecified atom stereocenters. The number of carbonyl (C=O) groups is 2. The third kappa shape index (κ3) is 3.19. The van der Waals surface area contributed by atoms with Crippen molar-refractivity contribution in [1.29, 1.82) is 0 Å². The third-order valence-electron chi connectivity index (χ3n) is 2.86. The molecule has 3 N–H and O–H groups in total. The zero-order valence-corrected chi connectivity index (χ0v) is 10.1. The number of hydrogen-bond acceptors (Lipinski definition) is 3. The van der Waals surface area contributed by atoms with Crippen LogP contribution in [0.3, 0.4) is 0 Å². The number of anilines is 1. The number of hydrogen-bond donors (Lipinski definition) is 3. The lowest BCUT2D eigenvalue weighted by Crippen LogP contribution is -2.48. The third-order valence-corrected chi connectivity index (χ3v) is 2.86. The molecule has 0 bridgehead atoms. The van der Waals surface area contributed by atoms with Crippen molar-refractivity contribution in [2.75, 3.05) is 31.5 Å². The van der Waals surface area contributed by atoms with Gasteiger partial charge in [0.15, 0.2) is 0 Å². The predicted octanol–water partition coefficient (Wildman–Crippen LogP) is 0.961. The minimum Gasteiger partial charge on any atom is -0.478 e. The van der Waals surface area contributed by atoms with Crippen LogP contribution < -0.4 is 10.6 Å². The monoisotopic (exact) mass is 267 g/mol. The van der Waals surface area contributed by atoms with E-state index in [4.69, 9.17) is 5.11 Å². The minimum absolute atomic E-state index is 0.0199. The molecular formula is C12H14FN3O3. The van der Waals surface area contributed by atoms with Crippen LogP contribution in [0, 0.1) is 5.82 Å². The van der Waals surface area contributed by atoms with E-state index in [2.05, 4.69) is 10.6 Å². The second kappa shape index (κ2) is 5.66. The molecule has 0 atom stereocenters. The second-order valence-corrected chi connectivity index (χ2v) is 4.17. The highest BCUT2D eigenvalue weighted by Crippen LogP contribution is 2.16. The average Bonchev–Trinajstić information content (AvgIpc) is 2.41. The summed E-state index contributed by atoms with van der Waals surface area (Å²) in [6.45, 7) is 2.52. The molecule has 1 saturated heterocycles. The van der Waals surface area contributed by atoms with E-state index in [1.54, 1.807) is 4.90 Å². The number of carboxylic acids is 1. The van der Waals surface area contributed by atoms with Gasteiger partial charge in [-0.25, -0.2) is 14.0 Å². The average molecular weight is 267 g/mol. The fraction of sp³-hybridized carbons (Fsp3) is 0.333. The normalized spacial score (nSPS) is 15.1. The Morgan fingerprint density at radius 3 is 2.58 bits per heavy atom. The maximum absolute atomic E-state index is 13.6. The summed E-state index contributed by atoms with van der Waals surface area (Å²) in [6.07, 6.45) is 0. The molecule has 6 nitrogen and oxygen atoms in total. The van der Waals surface area contributed by atoms with Crippen LogP contribution in [-0.2, 0) is 0 Å². The number of urea groups is 1. The van der Waals surface area contributed by atoms with Crippen molar-refractivity contribution in [2.24, 2.45) is 0 Å². The summed E-state index contributed by atoms with van der Waals surface area (Å²) in [6, 6.07) is 3.00. The van der Waals surface area contributed by atoms with Gasteiger partial charge in [-0.2, -0.15) is 0 Å². The first-order valence-corrected chi connectivity index (χ1v) is 5.87. The van der Waals surface area contributed by atoms with E-state index >= 15 is 0 Å². The standard InChI is InChI=1S/C12H14FN3O3/c13-9-7-8(11(17)18)1-2-10(9)15-12(19)16-5-3-14-4-6-16/h1-2,7,14H,3-6H2,(H,15,19)(H,17,18). The van der Waals surface area contributed by atoms with Gasteiger partial charge in [0.25, 0.3) is 0 Å². The maximum atomic E-state index is 13.6. The quantitative estimate of drug-likeness (QED) is 0.745. The van der Waals surface area contributed by atoms with Crippen molar-refractivity contribution >= 4 is 17.7 Å². The first-order valence-electron chi connectivity index (χ1n) is 5.87. The number of carboxylic acid groups (broad SMARTS) is 1. The zero-order valence-electron chi connectivity index (χ0n) is 10.1.